The van der Waals surface area contributed by atoms with E-state index < -0.39 is 0 Å². The Morgan fingerprint density at radius 3 is 2.68 bits per heavy atom. The number of aliphatic hydroxyl groups excluding tert-OH is 1. The maximum Gasteiger partial charge on any atom is 0.222 e. The lowest BCUT2D eigenvalue weighted by Gasteiger charge is -2.58. The molecule has 4 unspecified atom stereocenters. The van der Waals surface area contributed by atoms with Crippen LogP contribution in [0.1, 0.15) is 84.5 Å². The minimum atomic E-state index is -0.106. The van der Waals surface area contributed by atoms with Crippen LogP contribution >= 0.6 is 0 Å². The average Bonchev–Trinajstić information content (AvgIpc) is 2.99. The molecule has 0 bridgehead atoms. The molecule has 0 spiro atoms. The van der Waals surface area contributed by atoms with Crippen LogP contribution in [0.4, 0.5) is 0 Å². The zero-order chi connectivity index (χ0) is 20.1. The first-order valence-electron chi connectivity index (χ1n) is 11.8. The van der Waals surface area contributed by atoms with Crippen molar-refractivity contribution in [3.05, 3.63) is 11.6 Å². The van der Waals surface area contributed by atoms with E-state index in [-0.39, 0.29) is 12.0 Å². The number of fused-ring (bicyclic) bond motifs is 5. The molecule has 4 rings (SSSR count). The Bertz CT molecular complexity index is 640. The van der Waals surface area contributed by atoms with Crippen LogP contribution in [0.3, 0.4) is 0 Å². The lowest BCUT2D eigenvalue weighted by molar-refractivity contribution is -0.128. The quantitative estimate of drug-likeness (QED) is 0.675. The third-order valence-electron chi connectivity index (χ3n) is 9.72. The summed E-state index contributed by atoms with van der Waals surface area (Å²) in [5, 5.41) is 10.2. The van der Waals surface area contributed by atoms with Gasteiger partial charge in [0.05, 0.1) is 6.10 Å². The SMILES string of the molecule is CN(C)C(=O)CCC[C@H]1CCC2C3CC=C4CC(O)CC[C@]4(C)C3CC[C@@]21C. The second-order valence-corrected chi connectivity index (χ2v) is 11.2. The van der Waals surface area contributed by atoms with Gasteiger partial charge < -0.3 is 10.0 Å². The van der Waals surface area contributed by atoms with Crippen molar-refractivity contribution >= 4 is 5.91 Å². The zero-order valence-electron chi connectivity index (χ0n) is 18.5. The van der Waals surface area contributed by atoms with E-state index in [4.69, 9.17) is 0 Å². The summed E-state index contributed by atoms with van der Waals surface area (Å²) >= 11 is 0. The molecule has 0 radical (unpaired) electrons. The van der Waals surface area contributed by atoms with E-state index in [0.717, 1.165) is 42.9 Å². The molecule has 158 valence electrons. The summed E-state index contributed by atoms with van der Waals surface area (Å²) in [6.45, 7) is 5.11. The summed E-state index contributed by atoms with van der Waals surface area (Å²) in [6.07, 6.45) is 15.3. The van der Waals surface area contributed by atoms with Crippen LogP contribution < -0.4 is 0 Å². The normalized spacial score (nSPS) is 44.9. The largest absolute Gasteiger partial charge is 0.393 e. The topological polar surface area (TPSA) is 40.5 Å². The van der Waals surface area contributed by atoms with E-state index in [1.807, 2.05) is 14.1 Å². The third kappa shape index (κ3) is 3.26. The fourth-order valence-corrected chi connectivity index (χ4v) is 7.95. The minimum Gasteiger partial charge on any atom is -0.393 e. The molecule has 3 fully saturated rings. The van der Waals surface area contributed by atoms with Crippen LogP contribution in [0.2, 0.25) is 0 Å². The monoisotopic (exact) mass is 387 g/mol. The molecule has 7 atom stereocenters. The second kappa shape index (κ2) is 7.45. The lowest BCUT2D eigenvalue weighted by atomic mass is 9.47. The van der Waals surface area contributed by atoms with Crippen molar-refractivity contribution in [2.24, 2.45) is 34.5 Å². The standard InChI is InChI=1S/C25H41NO2/c1-24-15-13-22-20(10-8-18-16-19(27)12-14-25(18,22)2)21(24)11-9-17(24)6-5-7-23(28)26(3)4/h8,17,19-22,27H,5-7,9-16H2,1-4H3/t17-,19?,20?,21?,22?,24+,25-/m0/s1. The Morgan fingerprint density at radius 2 is 1.93 bits per heavy atom. The van der Waals surface area contributed by atoms with Gasteiger partial charge in [-0.15, -0.1) is 0 Å². The number of hydrogen-bond acceptors (Lipinski definition) is 2. The molecule has 3 nitrogen and oxygen atoms in total. The molecule has 0 aromatic carbocycles. The summed E-state index contributed by atoms with van der Waals surface area (Å²) in [5.41, 5.74) is 2.41. The number of hydrogen-bond donors (Lipinski definition) is 1. The summed E-state index contributed by atoms with van der Waals surface area (Å²) < 4.78 is 0. The van der Waals surface area contributed by atoms with E-state index in [1.54, 1.807) is 10.5 Å². The van der Waals surface area contributed by atoms with Gasteiger partial charge in [-0.25, -0.2) is 0 Å². The number of aliphatic hydroxyl groups is 1. The average molecular weight is 388 g/mol. The molecule has 1 amide bonds. The van der Waals surface area contributed by atoms with Gasteiger partial charge in [-0.3, -0.25) is 4.79 Å². The molecular formula is C25H41NO2. The zero-order valence-corrected chi connectivity index (χ0v) is 18.5. The van der Waals surface area contributed by atoms with Gasteiger partial charge in [0.2, 0.25) is 5.91 Å². The van der Waals surface area contributed by atoms with Crippen LogP contribution in [0.15, 0.2) is 11.6 Å². The third-order valence-corrected chi connectivity index (χ3v) is 9.72. The maximum absolute atomic E-state index is 12.0. The Morgan fingerprint density at radius 1 is 1.14 bits per heavy atom. The summed E-state index contributed by atoms with van der Waals surface area (Å²) in [5.74, 6) is 3.62. The summed E-state index contributed by atoms with van der Waals surface area (Å²) in [6, 6.07) is 0. The van der Waals surface area contributed by atoms with Crippen molar-refractivity contribution in [3.8, 4) is 0 Å². The molecule has 0 aromatic heterocycles. The van der Waals surface area contributed by atoms with Crippen molar-refractivity contribution < 1.29 is 9.90 Å². The summed E-state index contributed by atoms with van der Waals surface area (Å²) in [7, 11) is 3.73. The molecule has 3 heteroatoms. The van der Waals surface area contributed by atoms with Crippen molar-refractivity contribution in [2.75, 3.05) is 14.1 Å². The van der Waals surface area contributed by atoms with Gasteiger partial charge >= 0.3 is 0 Å². The van der Waals surface area contributed by atoms with E-state index >= 15 is 0 Å². The van der Waals surface area contributed by atoms with Gasteiger partial charge in [-0.2, -0.15) is 0 Å². The molecule has 28 heavy (non-hydrogen) atoms. The van der Waals surface area contributed by atoms with Crippen LogP contribution in [-0.2, 0) is 4.79 Å². The number of nitrogens with zero attached hydrogens (tertiary/aromatic N) is 1. The lowest BCUT2D eigenvalue weighted by Crippen LogP contribution is -2.50. The Kier molecular flexibility index (Phi) is 5.44. The molecule has 0 saturated heterocycles. The fourth-order valence-electron chi connectivity index (χ4n) is 7.95. The summed E-state index contributed by atoms with van der Waals surface area (Å²) in [4.78, 5) is 13.7. The first-order chi connectivity index (χ1) is 13.3. The highest BCUT2D eigenvalue weighted by molar-refractivity contribution is 5.75. The molecule has 3 saturated carbocycles. The number of carbonyl (C=O) groups excluding carboxylic acids is 1. The van der Waals surface area contributed by atoms with E-state index in [0.29, 0.717) is 17.3 Å². The number of allylic oxidation sites excluding steroid dienone is 1. The number of amides is 1. The van der Waals surface area contributed by atoms with Crippen LogP contribution in [0, 0.1) is 34.5 Å². The van der Waals surface area contributed by atoms with Gasteiger partial charge in [0.1, 0.15) is 0 Å². The predicted molar refractivity (Wildman–Crippen MR) is 114 cm³/mol. The Hall–Kier alpha value is -0.830. The van der Waals surface area contributed by atoms with E-state index in [1.165, 1.54) is 44.9 Å². The van der Waals surface area contributed by atoms with Crippen molar-refractivity contribution in [2.45, 2.75) is 90.6 Å². The highest BCUT2D eigenvalue weighted by Crippen LogP contribution is 2.66. The predicted octanol–water partition coefficient (Wildman–Crippen LogP) is 5.18. The number of rotatable bonds is 4. The fraction of sp³-hybridized carbons (Fsp3) is 0.880. The molecule has 1 N–H and O–H groups in total. The van der Waals surface area contributed by atoms with Crippen molar-refractivity contribution in [1.29, 1.82) is 0 Å². The van der Waals surface area contributed by atoms with Crippen LogP contribution in [0.25, 0.3) is 0 Å². The Labute approximate surface area is 172 Å². The molecule has 0 aromatic rings. The molecule has 4 aliphatic rings. The van der Waals surface area contributed by atoms with Gasteiger partial charge in [-0.1, -0.05) is 25.5 Å². The first kappa shape index (κ1) is 20.4. The van der Waals surface area contributed by atoms with Crippen molar-refractivity contribution in [3.63, 3.8) is 0 Å². The van der Waals surface area contributed by atoms with Gasteiger partial charge in [0.15, 0.2) is 0 Å². The van der Waals surface area contributed by atoms with Gasteiger partial charge in [0, 0.05) is 20.5 Å². The molecule has 0 aliphatic heterocycles. The highest BCUT2D eigenvalue weighted by Gasteiger charge is 2.58. The second-order valence-electron chi connectivity index (χ2n) is 11.2. The van der Waals surface area contributed by atoms with Crippen LogP contribution in [0.5, 0.6) is 0 Å². The van der Waals surface area contributed by atoms with Gasteiger partial charge in [-0.05, 0) is 98.7 Å². The highest BCUT2D eigenvalue weighted by atomic mass is 16.3. The number of carbonyl (C=O) groups is 1. The minimum absolute atomic E-state index is 0.106. The Balaban J connectivity index is 1.45. The molecule has 0 heterocycles. The molecular weight excluding hydrogens is 346 g/mol. The van der Waals surface area contributed by atoms with Crippen LogP contribution in [-0.4, -0.2) is 36.1 Å². The smallest absolute Gasteiger partial charge is 0.222 e. The van der Waals surface area contributed by atoms with Gasteiger partial charge in [0.25, 0.3) is 0 Å². The van der Waals surface area contributed by atoms with E-state index in [2.05, 4.69) is 19.9 Å². The maximum atomic E-state index is 12.0. The van der Waals surface area contributed by atoms with Crippen molar-refractivity contribution in [1.82, 2.24) is 4.90 Å². The van der Waals surface area contributed by atoms with E-state index in [9.17, 15) is 9.90 Å². The molecule has 4 aliphatic carbocycles. The first-order valence-corrected chi connectivity index (χ1v) is 11.8.